The van der Waals surface area contributed by atoms with Gasteiger partial charge in [-0.3, -0.25) is 0 Å². The molecule has 0 aromatic heterocycles. The summed E-state index contributed by atoms with van der Waals surface area (Å²) in [6, 6.07) is 0. The van der Waals surface area contributed by atoms with E-state index < -0.39 is 41.1 Å². The van der Waals surface area contributed by atoms with Crippen LogP contribution in [0.1, 0.15) is 55.4 Å². The van der Waals surface area contributed by atoms with Crippen LogP contribution >= 0.6 is 16.5 Å². The van der Waals surface area contributed by atoms with Crippen molar-refractivity contribution < 1.29 is 80.8 Å². The van der Waals surface area contributed by atoms with Gasteiger partial charge in [0.1, 0.15) is 0 Å². The third kappa shape index (κ3) is 18.6. The lowest BCUT2D eigenvalue weighted by Crippen LogP contribution is -2.47. The third-order valence-corrected chi connectivity index (χ3v) is 7.16. The van der Waals surface area contributed by atoms with Crippen LogP contribution in [0.4, 0.5) is 43.9 Å². The van der Waals surface area contributed by atoms with Crippen molar-refractivity contribution in [3.8, 4) is 0 Å². The van der Waals surface area contributed by atoms with Crippen molar-refractivity contribution in [1.82, 2.24) is 0 Å². The molecule has 2 unspecified atom stereocenters. The second-order valence-electron chi connectivity index (χ2n) is 7.87. The molecule has 0 N–H and O–H groups in total. The van der Waals surface area contributed by atoms with Gasteiger partial charge in [-0.1, -0.05) is 9.05 Å². The van der Waals surface area contributed by atoms with Crippen molar-refractivity contribution in [3.63, 3.8) is 0 Å². The fourth-order valence-electron chi connectivity index (χ4n) is 2.97. The summed E-state index contributed by atoms with van der Waals surface area (Å²) < 4.78 is 138. The molecule has 0 amide bonds. The second kappa shape index (κ2) is 20.2. The van der Waals surface area contributed by atoms with Crippen molar-refractivity contribution in [2.45, 2.75) is 80.0 Å². The van der Waals surface area contributed by atoms with Crippen LogP contribution in [-0.2, 0) is 18.2 Å². The Balaban J connectivity index is -0.000000217. The molecule has 0 rings (SSSR count). The first-order valence-electron chi connectivity index (χ1n) is 12.1. The first kappa shape index (κ1) is 46.2. The summed E-state index contributed by atoms with van der Waals surface area (Å²) in [6.45, 7) is 28.4. The lowest BCUT2D eigenvalue weighted by atomic mass is 10.3. The van der Waals surface area contributed by atoms with Gasteiger partial charge in [0.05, 0.1) is 52.4 Å². The van der Waals surface area contributed by atoms with E-state index in [0.29, 0.717) is 0 Å². The molecule has 0 heterocycles. The Hall–Kier alpha value is -0.740. The maximum absolute atomic E-state index is 11.5. The normalized spacial score (nSPS) is 13.6. The molecule has 2 atom stereocenters. The van der Waals surface area contributed by atoms with E-state index >= 15 is 0 Å². The second-order valence-corrected chi connectivity index (χ2v) is 9.13. The zero-order valence-electron chi connectivity index (χ0n) is 23.7. The zero-order valence-corrected chi connectivity index (χ0v) is 25.5. The van der Waals surface area contributed by atoms with E-state index in [0.717, 1.165) is 0 Å². The third-order valence-electron chi connectivity index (χ3n) is 6.40. The molecule has 244 valence electrons. The Morgan fingerprint density at radius 3 is 0.650 bits per heavy atom. The lowest BCUT2D eigenvalue weighted by molar-refractivity contribution is -0.921. The fraction of sp³-hybridized carbons (Fsp3) is 1.00. The topological polar surface area (TPSA) is 98.7 Å². The molecular weight excluding hydrogens is 616 g/mol. The number of quaternary nitrogens is 2. The van der Waals surface area contributed by atoms with Crippen molar-refractivity contribution in [1.29, 1.82) is 0 Å². The summed E-state index contributed by atoms with van der Waals surface area (Å²) in [5, 5.41) is 0. The van der Waals surface area contributed by atoms with Gasteiger partial charge in [0.25, 0.3) is 0 Å². The van der Waals surface area contributed by atoms with Crippen molar-refractivity contribution in [2.75, 3.05) is 52.4 Å². The Labute approximate surface area is 230 Å². The van der Waals surface area contributed by atoms with Gasteiger partial charge in [-0.05, 0) is 64.5 Å². The Bertz CT molecular complexity index is 613. The van der Waals surface area contributed by atoms with Crippen molar-refractivity contribution in [3.05, 3.63) is 0 Å². The van der Waals surface area contributed by atoms with E-state index in [2.05, 4.69) is 64.4 Å². The molecule has 0 bridgehead atoms. The highest BCUT2D eigenvalue weighted by Crippen LogP contribution is 2.41. The summed E-state index contributed by atoms with van der Waals surface area (Å²) in [5.41, 5.74) is 0. The van der Waals surface area contributed by atoms with Gasteiger partial charge in [-0.25, -0.2) is 0 Å². The summed E-state index contributed by atoms with van der Waals surface area (Å²) in [7, 11) is -8.45. The number of hydrogen-bond donors (Lipinski definition) is 0. The Morgan fingerprint density at radius 2 is 0.625 bits per heavy atom. The minimum absolute atomic E-state index is 1.28. The van der Waals surface area contributed by atoms with Gasteiger partial charge in [0.2, 0.25) is 0 Å². The molecule has 0 fully saturated rings. The van der Waals surface area contributed by atoms with E-state index in [1.165, 1.54) is 61.3 Å². The van der Waals surface area contributed by atoms with Crippen LogP contribution in [0.5, 0.6) is 0 Å². The molecule has 0 saturated heterocycles. The van der Waals surface area contributed by atoms with Crippen molar-refractivity contribution in [2.24, 2.45) is 0 Å². The maximum Gasteiger partial charge on any atom is 0.495 e. The van der Waals surface area contributed by atoms with Gasteiger partial charge in [0.15, 0.2) is 0 Å². The number of rotatable bonds is 12. The van der Waals surface area contributed by atoms with Crippen molar-refractivity contribution >= 4 is 16.5 Å². The summed E-state index contributed by atoms with van der Waals surface area (Å²) in [5.74, 6) is 0. The standard InChI is InChI=1S/2C8H20N.2C2F5O3P/c2*1-5-9(6-2,7-3)8-4;2*3-1(4,5)2(6,7)10-11(8)9/h2*5-8H2,1-4H3;;/q2*+1;;. The quantitative estimate of drug-likeness (QED) is 0.143. The van der Waals surface area contributed by atoms with Crippen LogP contribution in [-0.4, -0.2) is 85.9 Å². The molecule has 0 saturated carbocycles. The van der Waals surface area contributed by atoms with E-state index in [4.69, 9.17) is 0 Å². The predicted molar refractivity (Wildman–Crippen MR) is 124 cm³/mol. The monoisotopic (exact) mass is 656 g/mol. The molecule has 40 heavy (non-hydrogen) atoms. The molecular formula is C20H40F10N2O6P2+2. The molecule has 0 aliphatic carbocycles. The first-order valence-corrected chi connectivity index (χ1v) is 14.3. The van der Waals surface area contributed by atoms with E-state index in [-0.39, 0.29) is 0 Å². The molecule has 20 heteroatoms. The van der Waals surface area contributed by atoms with E-state index in [1.54, 1.807) is 0 Å². The van der Waals surface area contributed by atoms with Gasteiger partial charge in [-0.15, -0.1) is 0 Å². The highest BCUT2D eigenvalue weighted by atomic mass is 31.1. The molecule has 0 aromatic carbocycles. The molecule has 0 radical (unpaired) electrons. The van der Waals surface area contributed by atoms with Crippen LogP contribution in [0, 0.1) is 0 Å². The zero-order chi connectivity index (χ0) is 33.2. The van der Waals surface area contributed by atoms with Gasteiger partial charge in [0, 0.05) is 0 Å². The Morgan fingerprint density at radius 1 is 0.475 bits per heavy atom. The van der Waals surface area contributed by atoms with Crippen LogP contribution in [0.15, 0.2) is 0 Å². The smallest absolute Gasteiger partial charge is 0.495 e. The fourth-order valence-corrected chi connectivity index (χ4v) is 3.56. The van der Waals surface area contributed by atoms with Gasteiger partial charge in [-0.2, -0.15) is 43.9 Å². The summed E-state index contributed by atoms with van der Waals surface area (Å²) in [6.07, 6.45) is -23.3. The molecule has 0 spiro atoms. The minimum atomic E-state index is -6.01. The highest BCUT2D eigenvalue weighted by molar-refractivity contribution is 7.30. The molecule has 0 aromatic rings. The average molecular weight is 656 g/mol. The number of hydrogen-bond acceptors (Lipinski definition) is 6. The lowest BCUT2D eigenvalue weighted by Gasteiger charge is -2.34. The van der Waals surface area contributed by atoms with E-state index in [1.807, 2.05) is 0 Å². The predicted octanol–water partition coefficient (Wildman–Crippen LogP) is 6.12. The van der Waals surface area contributed by atoms with Gasteiger partial charge < -0.3 is 18.8 Å². The minimum Gasteiger partial charge on any atom is -0.566 e. The largest absolute Gasteiger partial charge is 0.566 e. The first-order chi connectivity index (χ1) is 17.8. The van der Waals surface area contributed by atoms with Crippen LogP contribution in [0.25, 0.3) is 0 Å². The Kier molecular flexibility index (Phi) is 23.4. The van der Waals surface area contributed by atoms with Crippen LogP contribution in [0.2, 0.25) is 0 Å². The van der Waals surface area contributed by atoms with E-state index in [9.17, 15) is 62.8 Å². The average Bonchev–Trinajstić information content (AvgIpc) is 2.81. The molecule has 8 nitrogen and oxygen atoms in total. The number of nitrogens with zero attached hydrogens (tertiary/aromatic N) is 2. The molecule has 0 aliphatic heterocycles. The van der Waals surface area contributed by atoms with Crippen LogP contribution in [0.3, 0.4) is 0 Å². The number of alkyl halides is 10. The summed E-state index contributed by atoms with van der Waals surface area (Å²) in [4.78, 5) is 18.6. The summed E-state index contributed by atoms with van der Waals surface area (Å²) >= 11 is 0. The number of halogens is 10. The molecule has 0 aliphatic rings. The highest BCUT2D eigenvalue weighted by Gasteiger charge is 2.64. The van der Waals surface area contributed by atoms with Crippen LogP contribution < -0.4 is 9.79 Å². The maximum atomic E-state index is 11.5. The van der Waals surface area contributed by atoms with Gasteiger partial charge >= 0.3 is 41.1 Å². The SMILES string of the molecule is CC[N+](CC)(CC)CC.CC[N+](CC)(CC)CC.O=[P+]([O-])OC(F)(F)C(F)(F)F.O=[P+]([O-])OC(F)(F)C(F)(F)F.